The lowest BCUT2D eigenvalue weighted by Gasteiger charge is -2.20. The highest BCUT2D eigenvalue weighted by Gasteiger charge is 2.30. The van der Waals surface area contributed by atoms with Gasteiger partial charge in [0.25, 0.3) is 0 Å². The maximum absolute atomic E-state index is 13.0. The topological polar surface area (TPSA) is 84.9 Å². The van der Waals surface area contributed by atoms with E-state index in [-0.39, 0.29) is 25.6 Å². The minimum absolute atomic E-state index is 0.0232. The fourth-order valence-electron chi connectivity index (χ4n) is 5.64. The maximum Gasteiger partial charge on any atom is 0.407 e. The highest BCUT2D eigenvalue weighted by molar-refractivity contribution is 6.35. The van der Waals surface area contributed by atoms with Crippen molar-refractivity contribution < 1.29 is 24.2 Å². The number of carboxylic acid groups (broad SMARTS) is 1. The molecule has 0 aromatic heterocycles. The molecule has 5 aromatic carbocycles. The molecular formula is C35H27Cl2NO5. The number of nitrogens with one attached hydrogen (secondary N) is 1. The van der Waals surface area contributed by atoms with Gasteiger partial charge in [-0.3, -0.25) is 0 Å². The average molecular weight is 613 g/mol. The van der Waals surface area contributed by atoms with Gasteiger partial charge in [-0.15, -0.1) is 0 Å². The fourth-order valence-corrected chi connectivity index (χ4v) is 6.11. The summed E-state index contributed by atoms with van der Waals surface area (Å²) in [6.45, 7) is 0.232. The van der Waals surface area contributed by atoms with Gasteiger partial charge in [0.1, 0.15) is 25.0 Å². The molecule has 6 rings (SSSR count). The molecule has 8 heteroatoms. The summed E-state index contributed by atoms with van der Waals surface area (Å²) in [7, 11) is 0. The van der Waals surface area contributed by atoms with E-state index < -0.39 is 18.1 Å². The van der Waals surface area contributed by atoms with E-state index in [0.717, 1.165) is 38.6 Å². The van der Waals surface area contributed by atoms with Gasteiger partial charge in [0.05, 0.1) is 0 Å². The first kappa shape index (κ1) is 28.6. The largest absolute Gasteiger partial charge is 0.489 e. The van der Waals surface area contributed by atoms with Crippen molar-refractivity contribution >= 4 is 46.0 Å². The van der Waals surface area contributed by atoms with E-state index in [0.29, 0.717) is 21.4 Å². The highest BCUT2D eigenvalue weighted by Crippen LogP contribution is 2.44. The van der Waals surface area contributed by atoms with Gasteiger partial charge in [0.2, 0.25) is 0 Å². The van der Waals surface area contributed by atoms with Crippen molar-refractivity contribution in [2.24, 2.45) is 0 Å². The van der Waals surface area contributed by atoms with E-state index in [1.807, 2.05) is 66.7 Å². The van der Waals surface area contributed by atoms with E-state index in [9.17, 15) is 14.7 Å². The van der Waals surface area contributed by atoms with Crippen LogP contribution >= 0.6 is 23.2 Å². The van der Waals surface area contributed by atoms with E-state index in [2.05, 4.69) is 17.4 Å². The Kier molecular flexibility index (Phi) is 8.23. The number of aliphatic carboxylic acids is 1. The van der Waals surface area contributed by atoms with Gasteiger partial charge in [-0.05, 0) is 51.2 Å². The number of hydrogen-bond donors (Lipinski definition) is 2. The van der Waals surface area contributed by atoms with Crippen molar-refractivity contribution in [1.29, 1.82) is 0 Å². The zero-order chi connectivity index (χ0) is 29.9. The molecule has 216 valence electrons. The van der Waals surface area contributed by atoms with Gasteiger partial charge < -0.3 is 19.9 Å². The smallest absolute Gasteiger partial charge is 0.407 e. The molecular weight excluding hydrogens is 585 g/mol. The SMILES string of the molecule is O=C(NC(Cc1c(OCc2ccc(Cl)cc2Cl)ccc2ccccc12)C(=O)O)OCC1c2ccccc2-c2ccccc21. The molecule has 1 aliphatic rings. The molecule has 5 aromatic rings. The van der Waals surface area contributed by atoms with Crippen LogP contribution in [0.3, 0.4) is 0 Å². The van der Waals surface area contributed by atoms with E-state index in [1.54, 1.807) is 24.3 Å². The predicted octanol–water partition coefficient (Wildman–Crippen LogP) is 8.26. The van der Waals surface area contributed by atoms with E-state index in [4.69, 9.17) is 32.7 Å². The lowest BCUT2D eigenvalue weighted by molar-refractivity contribution is -0.139. The summed E-state index contributed by atoms with van der Waals surface area (Å²) < 4.78 is 11.8. The van der Waals surface area contributed by atoms with Crippen LogP contribution in [0.25, 0.3) is 21.9 Å². The second-order valence-electron chi connectivity index (χ2n) is 10.4. The van der Waals surface area contributed by atoms with Crippen LogP contribution in [0.5, 0.6) is 5.75 Å². The van der Waals surface area contributed by atoms with Gasteiger partial charge in [-0.2, -0.15) is 0 Å². The maximum atomic E-state index is 13.0. The van der Waals surface area contributed by atoms with Gasteiger partial charge in [0.15, 0.2) is 0 Å². The van der Waals surface area contributed by atoms with Crippen molar-refractivity contribution in [2.45, 2.75) is 25.0 Å². The predicted molar refractivity (Wildman–Crippen MR) is 168 cm³/mol. The molecule has 0 heterocycles. The molecule has 2 N–H and O–H groups in total. The van der Waals surface area contributed by atoms with Crippen LogP contribution in [-0.2, 0) is 22.6 Å². The van der Waals surface area contributed by atoms with E-state index >= 15 is 0 Å². The normalized spacial score (nSPS) is 12.8. The summed E-state index contributed by atoms with van der Waals surface area (Å²) in [6, 6.07) is 31.3. The summed E-state index contributed by atoms with van der Waals surface area (Å²) in [6.07, 6.45) is -0.824. The first-order valence-corrected chi connectivity index (χ1v) is 14.6. The Morgan fingerprint density at radius 3 is 2.21 bits per heavy atom. The second-order valence-corrected chi connectivity index (χ2v) is 11.2. The molecule has 1 atom stereocenters. The zero-order valence-electron chi connectivity index (χ0n) is 22.9. The minimum atomic E-state index is -1.26. The number of carbonyl (C=O) groups is 2. The first-order chi connectivity index (χ1) is 20.9. The molecule has 43 heavy (non-hydrogen) atoms. The van der Waals surface area contributed by atoms with Crippen LogP contribution < -0.4 is 10.1 Å². The lowest BCUT2D eigenvalue weighted by Crippen LogP contribution is -2.43. The standard InChI is InChI=1S/C35H27Cl2NO5/c36-23-15-13-22(31(37)17-23)19-42-33-16-14-21-7-1-2-8-24(21)29(33)18-32(34(39)40)38-35(41)43-20-30-27-11-5-3-9-25(27)26-10-4-6-12-28(26)30/h1-17,30,32H,18-20H2,(H,38,41)(H,39,40). The summed E-state index contributed by atoms with van der Waals surface area (Å²) in [5.41, 5.74) is 5.75. The summed E-state index contributed by atoms with van der Waals surface area (Å²) in [4.78, 5) is 25.4. The first-order valence-electron chi connectivity index (χ1n) is 13.8. The minimum Gasteiger partial charge on any atom is -0.489 e. The number of alkyl carbamates (subject to hydrolysis) is 1. The van der Waals surface area contributed by atoms with Crippen molar-refractivity contribution in [3.63, 3.8) is 0 Å². The van der Waals surface area contributed by atoms with Crippen LogP contribution in [-0.4, -0.2) is 29.8 Å². The summed E-state index contributed by atoms with van der Waals surface area (Å²) in [5, 5.41) is 15.4. The summed E-state index contributed by atoms with van der Waals surface area (Å²) in [5.74, 6) is -0.836. The molecule has 6 nitrogen and oxygen atoms in total. The molecule has 0 spiro atoms. The third-order valence-corrected chi connectivity index (χ3v) is 8.32. The Bertz CT molecular complexity index is 1790. The highest BCUT2D eigenvalue weighted by atomic mass is 35.5. The van der Waals surface area contributed by atoms with Crippen LogP contribution in [0, 0.1) is 0 Å². The van der Waals surface area contributed by atoms with Crippen molar-refractivity contribution in [3.05, 3.63) is 135 Å². The number of fused-ring (bicyclic) bond motifs is 4. The Morgan fingerprint density at radius 1 is 0.837 bits per heavy atom. The second kappa shape index (κ2) is 12.4. The van der Waals surface area contributed by atoms with Crippen LogP contribution in [0.2, 0.25) is 10.0 Å². The third kappa shape index (κ3) is 6.03. The Morgan fingerprint density at radius 2 is 1.51 bits per heavy atom. The van der Waals surface area contributed by atoms with Gasteiger partial charge >= 0.3 is 12.1 Å². The quantitative estimate of drug-likeness (QED) is 0.175. The third-order valence-electron chi connectivity index (χ3n) is 7.74. The number of amides is 1. The number of benzene rings is 5. The number of carboxylic acids is 1. The molecule has 0 fully saturated rings. The number of ether oxygens (including phenoxy) is 2. The molecule has 0 saturated heterocycles. The Balaban J connectivity index is 1.20. The van der Waals surface area contributed by atoms with Crippen LogP contribution in [0.1, 0.15) is 28.2 Å². The number of rotatable bonds is 9. The van der Waals surface area contributed by atoms with Crippen molar-refractivity contribution in [2.75, 3.05) is 6.61 Å². The van der Waals surface area contributed by atoms with Crippen LogP contribution in [0.4, 0.5) is 4.79 Å². The Hall–Kier alpha value is -4.52. The Labute approximate surface area is 258 Å². The van der Waals surface area contributed by atoms with Gasteiger partial charge in [-0.1, -0.05) is 108 Å². The number of halogens is 2. The fraction of sp³-hybridized carbons (Fsp3) is 0.143. The number of hydrogen-bond acceptors (Lipinski definition) is 4. The summed E-state index contributed by atoms with van der Waals surface area (Å²) >= 11 is 12.4. The molecule has 1 amide bonds. The van der Waals surface area contributed by atoms with E-state index in [1.165, 1.54) is 0 Å². The molecule has 0 saturated carbocycles. The average Bonchev–Trinajstić information content (AvgIpc) is 3.33. The van der Waals surface area contributed by atoms with Crippen molar-refractivity contribution in [3.8, 4) is 16.9 Å². The van der Waals surface area contributed by atoms with Gasteiger partial charge in [0, 0.05) is 33.5 Å². The van der Waals surface area contributed by atoms with Crippen molar-refractivity contribution in [1.82, 2.24) is 5.32 Å². The van der Waals surface area contributed by atoms with Gasteiger partial charge in [-0.25, -0.2) is 9.59 Å². The molecule has 1 unspecified atom stereocenters. The zero-order valence-corrected chi connectivity index (χ0v) is 24.4. The molecule has 1 aliphatic carbocycles. The number of carbonyl (C=O) groups excluding carboxylic acids is 1. The molecule has 0 aliphatic heterocycles. The molecule has 0 bridgehead atoms. The lowest BCUT2D eigenvalue weighted by atomic mass is 9.97. The molecule has 0 radical (unpaired) electrons. The van der Waals surface area contributed by atoms with Crippen LogP contribution in [0.15, 0.2) is 103 Å². The monoisotopic (exact) mass is 611 g/mol.